The Morgan fingerprint density at radius 2 is 2.12 bits per heavy atom. The van der Waals surface area contributed by atoms with Crippen molar-refractivity contribution < 1.29 is 14.4 Å². The lowest BCUT2D eigenvalue weighted by atomic mass is 9.73. The lowest BCUT2D eigenvalue weighted by molar-refractivity contribution is -0.136. The Labute approximate surface area is 149 Å². The molecule has 6 nitrogen and oxygen atoms in total. The van der Waals surface area contributed by atoms with Gasteiger partial charge in [0.05, 0.1) is 5.69 Å². The van der Waals surface area contributed by atoms with Crippen LogP contribution in [-0.2, 0) is 9.59 Å². The molecular formula is C17H20BrN3O3. The molecule has 2 N–H and O–H groups in total. The minimum atomic E-state index is -0.830. The second-order valence-electron chi connectivity index (χ2n) is 6.47. The number of carbonyl (C=O) groups excluding carboxylic acids is 3. The summed E-state index contributed by atoms with van der Waals surface area (Å²) in [4.78, 5) is 38.4. The number of hydrogen-bond donors (Lipinski definition) is 2. The summed E-state index contributed by atoms with van der Waals surface area (Å²) in [6.45, 7) is 1.71. The van der Waals surface area contributed by atoms with Crippen molar-refractivity contribution >= 4 is 39.5 Å². The van der Waals surface area contributed by atoms with Crippen LogP contribution in [0.3, 0.4) is 0 Å². The molecule has 2 fully saturated rings. The summed E-state index contributed by atoms with van der Waals surface area (Å²) in [5, 5.41) is 5.57. The molecule has 1 heterocycles. The average molecular weight is 394 g/mol. The Morgan fingerprint density at radius 1 is 1.38 bits per heavy atom. The van der Waals surface area contributed by atoms with Crippen molar-refractivity contribution in [2.24, 2.45) is 5.92 Å². The van der Waals surface area contributed by atoms with Crippen molar-refractivity contribution in [3.8, 4) is 0 Å². The molecule has 2 atom stereocenters. The van der Waals surface area contributed by atoms with E-state index in [-0.39, 0.29) is 18.4 Å². The topological polar surface area (TPSA) is 78.5 Å². The number of benzene rings is 1. The Hall–Kier alpha value is -1.89. The standard InChI is InChI=1S/C17H20BrN3O3/c1-11-6-4-5-9-17(11)15(23)21(16(24)20-17)10-14(22)19-13-8-3-2-7-12(13)18/h2-3,7-8,11H,4-6,9-10H2,1H3,(H,19,22)(H,20,24). The highest BCUT2D eigenvalue weighted by Gasteiger charge is 2.55. The molecule has 7 heteroatoms. The molecule has 1 aliphatic carbocycles. The van der Waals surface area contributed by atoms with Gasteiger partial charge in [-0.1, -0.05) is 31.9 Å². The van der Waals surface area contributed by atoms with Crippen LogP contribution in [0.5, 0.6) is 0 Å². The van der Waals surface area contributed by atoms with E-state index in [1.54, 1.807) is 12.1 Å². The number of anilines is 1. The molecule has 3 rings (SSSR count). The zero-order chi connectivity index (χ0) is 17.3. The molecular weight excluding hydrogens is 374 g/mol. The molecule has 0 radical (unpaired) electrons. The van der Waals surface area contributed by atoms with Crippen LogP contribution in [0.4, 0.5) is 10.5 Å². The molecule has 4 amide bonds. The van der Waals surface area contributed by atoms with Crippen molar-refractivity contribution in [3.63, 3.8) is 0 Å². The molecule has 2 unspecified atom stereocenters. The predicted octanol–water partition coefficient (Wildman–Crippen LogP) is 2.89. The maximum absolute atomic E-state index is 12.8. The lowest BCUT2D eigenvalue weighted by Crippen LogP contribution is -2.54. The van der Waals surface area contributed by atoms with E-state index in [0.717, 1.165) is 28.6 Å². The van der Waals surface area contributed by atoms with Crippen molar-refractivity contribution in [2.45, 2.75) is 38.1 Å². The number of nitrogens with zero attached hydrogens (tertiary/aromatic N) is 1. The number of para-hydroxylation sites is 1. The molecule has 1 saturated carbocycles. The Morgan fingerprint density at radius 3 is 2.83 bits per heavy atom. The van der Waals surface area contributed by atoms with E-state index < -0.39 is 17.5 Å². The summed E-state index contributed by atoms with van der Waals surface area (Å²) in [6.07, 6.45) is 3.52. The molecule has 1 spiro atoms. The van der Waals surface area contributed by atoms with E-state index in [0.29, 0.717) is 12.1 Å². The van der Waals surface area contributed by atoms with Crippen LogP contribution >= 0.6 is 15.9 Å². The molecule has 1 aromatic rings. The van der Waals surface area contributed by atoms with Gasteiger partial charge in [0.25, 0.3) is 5.91 Å². The highest BCUT2D eigenvalue weighted by Crippen LogP contribution is 2.38. The second-order valence-corrected chi connectivity index (χ2v) is 7.32. The molecule has 1 aromatic carbocycles. The fraction of sp³-hybridized carbons (Fsp3) is 0.471. The third kappa shape index (κ3) is 2.92. The molecule has 0 bridgehead atoms. The number of imide groups is 1. The summed E-state index contributed by atoms with van der Waals surface area (Å²) < 4.78 is 0.743. The lowest BCUT2D eigenvalue weighted by Gasteiger charge is -2.36. The maximum Gasteiger partial charge on any atom is 0.325 e. The number of amides is 4. The summed E-state index contributed by atoms with van der Waals surface area (Å²) in [7, 11) is 0. The molecule has 1 saturated heterocycles. The first-order valence-electron chi connectivity index (χ1n) is 8.12. The zero-order valence-corrected chi connectivity index (χ0v) is 15.1. The third-order valence-corrected chi connectivity index (χ3v) is 5.64. The summed E-state index contributed by atoms with van der Waals surface area (Å²) in [6, 6.07) is 6.72. The van der Waals surface area contributed by atoms with E-state index in [4.69, 9.17) is 0 Å². The maximum atomic E-state index is 12.8. The monoisotopic (exact) mass is 393 g/mol. The van der Waals surface area contributed by atoms with Crippen LogP contribution in [0.1, 0.15) is 32.6 Å². The van der Waals surface area contributed by atoms with Crippen LogP contribution in [-0.4, -0.2) is 34.8 Å². The number of halogens is 1. The van der Waals surface area contributed by atoms with E-state index >= 15 is 0 Å². The number of hydrogen-bond acceptors (Lipinski definition) is 3. The summed E-state index contributed by atoms with van der Waals surface area (Å²) in [5.74, 6) is -0.591. The van der Waals surface area contributed by atoms with Crippen LogP contribution in [0.2, 0.25) is 0 Å². The van der Waals surface area contributed by atoms with Gasteiger partial charge in [-0.3, -0.25) is 14.5 Å². The fourth-order valence-electron chi connectivity index (χ4n) is 3.53. The molecule has 2 aliphatic rings. The minimum Gasteiger partial charge on any atom is -0.324 e. The predicted molar refractivity (Wildman–Crippen MR) is 93.4 cm³/mol. The van der Waals surface area contributed by atoms with Crippen LogP contribution in [0, 0.1) is 5.92 Å². The van der Waals surface area contributed by atoms with Gasteiger partial charge in [0.1, 0.15) is 12.1 Å². The van der Waals surface area contributed by atoms with E-state index in [1.165, 1.54) is 0 Å². The van der Waals surface area contributed by atoms with E-state index in [9.17, 15) is 14.4 Å². The van der Waals surface area contributed by atoms with Crippen LogP contribution in [0.25, 0.3) is 0 Å². The molecule has 0 aromatic heterocycles. The van der Waals surface area contributed by atoms with Gasteiger partial charge < -0.3 is 10.6 Å². The fourth-order valence-corrected chi connectivity index (χ4v) is 3.92. The Balaban J connectivity index is 1.71. The smallest absolute Gasteiger partial charge is 0.324 e. The van der Waals surface area contributed by atoms with Gasteiger partial charge in [-0.15, -0.1) is 0 Å². The minimum absolute atomic E-state index is 0.0824. The van der Waals surface area contributed by atoms with Crippen molar-refractivity contribution in [3.05, 3.63) is 28.7 Å². The van der Waals surface area contributed by atoms with E-state index in [2.05, 4.69) is 26.6 Å². The Kier molecular flexibility index (Phi) is 4.62. The number of carbonyl (C=O) groups is 3. The largest absolute Gasteiger partial charge is 0.325 e. The van der Waals surface area contributed by atoms with Gasteiger partial charge in [0.15, 0.2) is 0 Å². The van der Waals surface area contributed by atoms with Gasteiger partial charge in [-0.05, 0) is 46.8 Å². The van der Waals surface area contributed by atoms with Crippen molar-refractivity contribution in [2.75, 3.05) is 11.9 Å². The van der Waals surface area contributed by atoms with Crippen molar-refractivity contribution in [1.29, 1.82) is 0 Å². The first kappa shape index (κ1) is 17.0. The van der Waals surface area contributed by atoms with Crippen LogP contribution in [0.15, 0.2) is 28.7 Å². The summed E-state index contributed by atoms with van der Waals surface area (Å²) in [5.41, 5.74) is -0.224. The summed E-state index contributed by atoms with van der Waals surface area (Å²) >= 11 is 3.35. The number of urea groups is 1. The molecule has 24 heavy (non-hydrogen) atoms. The average Bonchev–Trinajstić information content (AvgIpc) is 2.78. The zero-order valence-electron chi connectivity index (χ0n) is 13.5. The van der Waals surface area contributed by atoms with Gasteiger partial charge in [0.2, 0.25) is 5.91 Å². The normalized spacial score (nSPS) is 26.6. The number of rotatable bonds is 3. The number of nitrogens with one attached hydrogen (secondary N) is 2. The molecule has 1 aliphatic heterocycles. The highest BCUT2D eigenvalue weighted by molar-refractivity contribution is 9.10. The highest BCUT2D eigenvalue weighted by atomic mass is 79.9. The first-order chi connectivity index (χ1) is 11.4. The third-order valence-electron chi connectivity index (χ3n) is 4.95. The SMILES string of the molecule is CC1CCCCC12NC(=O)N(CC(=O)Nc1ccccc1Br)C2=O. The van der Waals surface area contributed by atoms with E-state index in [1.807, 2.05) is 19.1 Å². The van der Waals surface area contributed by atoms with Gasteiger partial charge in [0, 0.05) is 4.47 Å². The van der Waals surface area contributed by atoms with Gasteiger partial charge >= 0.3 is 6.03 Å². The van der Waals surface area contributed by atoms with Gasteiger partial charge in [-0.25, -0.2) is 4.79 Å². The van der Waals surface area contributed by atoms with Crippen molar-refractivity contribution in [1.82, 2.24) is 10.2 Å². The first-order valence-corrected chi connectivity index (χ1v) is 8.92. The van der Waals surface area contributed by atoms with Crippen LogP contribution < -0.4 is 10.6 Å². The van der Waals surface area contributed by atoms with Gasteiger partial charge in [-0.2, -0.15) is 0 Å². The second kappa shape index (κ2) is 6.55. The quantitative estimate of drug-likeness (QED) is 0.774. The Bertz CT molecular complexity index is 693. The molecule has 128 valence electrons.